The predicted molar refractivity (Wildman–Crippen MR) is 123 cm³/mol. The fraction of sp³-hybridized carbons (Fsp3) is 0.375. The van der Waals surface area contributed by atoms with Gasteiger partial charge >= 0.3 is 0 Å². The molecule has 8 heteroatoms. The van der Waals surface area contributed by atoms with Crippen molar-refractivity contribution in [3.8, 4) is 0 Å². The second-order valence-corrected chi connectivity index (χ2v) is 8.90. The van der Waals surface area contributed by atoms with Gasteiger partial charge in [0.1, 0.15) is 0 Å². The molecule has 2 aliphatic heterocycles. The van der Waals surface area contributed by atoms with E-state index >= 15 is 0 Å². The summed E-state index contributed by atoms with van der Waals surface area (Å²) < 4.78 is 5.19. The fourth-order valence-electron chi connectivity index (χ4n) is 3.86. The Kier molecular flexibility index (Phi) is 5.30. The molecule has 0 bridgehead atoms. The standard InChI is InChI=1S/C24H27N5O3/c1-24(13-32-14-24)22(31)28-18-4-2-3-17(12-18)27-20-8-7-16(11-19(20)15-5-6-15)21(30)29-23-25-9-10-26-23/h2-4,7-8,11-12,15,27H,5-6,9-10,13-14H2,1H3,(H,28,31)(H2,25,26,29,30). The van der Waals surface area contributed by atoms with Crippen LogP contribution < -0.4 is 21.3 Å². The molecule has 0 atom stereocenters. The Labute approximate surface area is 186 Å². The van der Waals surface area contributed by atoms with E-state index in [0.717, 1.165) is 42.0 Å². The third kappa shape index (κ3) is 4.31. The first-order chi connectivity index (χ1) is 15.5. The molecule has 3 aliphatic rings. The zero-order valence-corrected chi connectivity index (χ0v) is 18.0. The van der Waals surface area contributed by atoms with Crippen LogP contribution in [0.5, 0.6) is 0 Å². The number of nitrogens with one attached hydrogen (secondary N) is 4. The lowest BCUT2D eigenvalue weighted by Gasteiger charge is -2.36. The van der Waals surface area contributed by atoms with E-state index in [1.807, 2.05) is 49.4 Å². The number of rotatable bonds is 6. The highest BCUT2D eigenvalue weighted by Gasteiger charge is 2.41. The molecule has 2 aromatic rings. The van der Waals surface area contributed by atoms with E-state index in [0.29, 0.717) is 37.2 Å². The Morgan fingerprint density at radius 2 is 1.91 bits per heavy atom. The molecule has 2 fully saturated rings. The number of amides is 2. The van der Waals surface area contributed by atoms with Gasteiger partial charge in [-0.05, 0) is 67.6 Å². The second-order valence-electron chi connectivity index (χ2n) is 8.90. The lowest BCUT2D eigenvalue weighted by atomic mass is 9.87. The van der Waals surface area contributed by atoms with E-state index in [-0.39, 0.29) is 11.8 Å². The van der Waals surface area contributed by atoms with Crippen molar-refractivity contribution >= 4 is 34.8 Å². The number of aliphatic imine (C=N–C) groups is 1. The second kappa shape index (κ2) is 8.27. The van der Waals surface area contributed by atoms with Gasteiger partial charge in [0.25, 0.3) is 5.91 Å². The molecule has 166 valence electrons. The number of carbonyl (C=O) groups is 2. The maximum atomic E-state index is 12.6. The number of hydrogen-bond acceptors (Lipinski definition) is 6. The molecule has 5 rings (SSSR count). The van der Waals surface area contributed by atoms with Crippen molar-refractivity contribution in [2.75, 3.05) is 36.9 Å². The van der Waals surface area contributed by atoms with Crippen molar-refractivity contribution in [2.45, 2.75) is 25.7 Å². The Bertz CT molecular complexity index is 1090. The number of nitrogens with zero attached hydrogens (tertiary/aromatic N) is 1. The topological polar surface area (TPSA) is 104 Å². The molecule has 2 aromatic carbocycles. The summed E-state index contributed by atoms with van der Waals surface area (Å²) in [6, 6.07) is 13.4. The molecule has 8 nitrogen and oxygen atoms in total. The predicted octanol–water partition coefficient (Wildman–Crippen LogP) is 2.97. The van der Waals surface area contributed by atoms with Gasteiger partial charge < -0.3 is 20.7 Å². The normalized spacial score (nSPS) is 18.7. The molecule has 1 saturated carbocycles. The van der Waals surface area contributed by atoms with Crippen LogP contribution in [-0.4, -0.2) is 44.1 Å². The first kappa shape index (κ1) is 20.5. The maximum absolute atomic E-state index is 12.6. The minimum Gasteiger partial charge on any atom is -0.379 e. The number of ether oxygens (including phenoxy) is 1. The summed E-state index contributed by atoms with van der Waals surface area (Å²) in [5.41, 5.74) is 3.88. The number of hydrogen-bond donors (Lipinski definition) is 4. The summed E-state index contributed by atoms with van der Waals surface area (Å²) >= 11 is 0. The molecule has 4 N–H and O–H groups in total. The molecular weight excluding hydrogens is 406 g/mol. The quantitative estimate of drug-likeness (QED) is 0.561. The minimum absolute atomic E-state index is 0.0312. The molecule has 1 aliphatic carbocycles. The first-order valence-electron chi connectivity index (χ1n) is 11.0. The van der Waals surface area contributed by atoms with Crippen LogP contribution in [0.1, 0.15) is 41.6 Å². The van der Waals surface area contributed by atoms with Crippen molar-refractivity contribution < 1.29 is 14.3 Å². The van der Waals surface area contributed by atoms with Gasteiger partial charge in [0.15, 0.2) is 5.96 Å². The molecule has 0 unspecified atom stereocenters. The molecular formula is C24H27N5O3. The molecule has 2 amide bonds. The maximum Gasteiger partial charge on any atom is 0.257 e. The zero-order valence-electron chi connectivity index (χ0n) is 18.0. The molecule has 1 saturated heterocycles. The van der Waals surface area contributed by atoms with E-state index in [1.54, 1.807) is 0 Å². The van der Waals surface area contributed by atoms with E-state index in [9.17, 15) is 9.59 Å². The Hall–Kier alpha value is -3.39. The lowest BCUT2D eigenvalue weighted by molar-refractivity contribution is -0.151. The van der Waals surface area contributed by atoms with Gasteiger partial charge in [-0.25, -0.2) is 0 Å². The van der Waals surface area contributed by atoms with Gasteiger partial charge in [0.2, 0.25) is 5.91 Å². The Balaban J connectivity index is 1.31. The smallest absolute Gasteiger partial charge is 0.257 e. The number of anilines is 3. The molecule has 2 heterocycles. The lowest BCUT2D eigenvalue weighted by Crippen LogP contribution is -2.49. The molecule has 0 spiro atoms. The third-order valence-electron chi connectivity index (χ3n) is 6.03. The average molecular weight is 434 g/mol. The van der Waals surface area contributed by atoms with Gasteiger partial charge in [-0.3, -0.25) is 19.9 Å². The van der Waals surface area contributed by atoms with Crippen molar-refractivity contribution in [3.05, 3.63) is 53.6 Å². The summed E-state index contributed by atoms with van der Waals surface area (Å²) in [6.45, 7) is 4.23. The van der Waals surface area contributed by atoms with Crippen molar-refractivity contribution in [2.24, 2.45) is 10.4 Å². The first-order valence-corrected chi connectivity index (χ1v) is 11.0. The van der Waals surface area contributed by atoms with Crippen LogP contribution in [0.25, 0.3) is 0 Å². The van der Waals surface area contributed by atoms with E-state index in [2.05, 4.69) is 26.3 Å². The molecule has 0 aromatic heterocycles. The van der Waals surface area contributed by atoms with Crippen LogP contribution in [0.4, 0.5) is 17.1 Å². The number of guanidine groups is 1. The van der Waals surface area contributed by atoms with Crippen molar-refractivity contribution in [1.29, 1.82) is 0 Å². The van der Waals surface area contributed by atoms with Crippen LogP contribution >= 0.6 is 0 Å². The summed E-state index contributed by atoms with van der Waals surface area (Å²) in [6.07, 6.45) is 2.23. The molecule has 0 radical (unpaired) electrons. The Morgan fingerprint density at radius 3 is 2.59 bits per heavy atom. The molecule has 32 heavy (non-hydrogen) atoms. The van der Waals surface area contributed by atoms with Gasteiger partial charge in [-0.15, -0.1) is 0 Å². The Morgan fingerprint density at radius 1 is 1.09 bits per heavy atom. The van der Waals surface area contributed by atoms with Crippen LogP contribution in [0.3, 0.4) is 0 Å². The van der Waals surface area contributed by atoms with E-state index in [1.165, 1.54) is 0 Å². The van der Waals surface area contributed by atoms with E-state index < -0.39 is 5.41 Å². The third-order valence-corrected chi connectivity index (χ3v) is 6.03. The summed E-state index contributed by atoms with van der Waals surface area (Å²) in [7, 11) is 0. The summed E-state index contributed by atoms with van der Waals surface area (Å²) in [5.74, 6) is 0.793. The highest BCUT2D eigenvalue weighted by atomic mass is 16.5. The van der Waals surface area contributed by atoms with Crippen molar-refractivity contribution in [1.82, 2.24) is 10.6 Å². The van der Waals surface area contributed by atoms with E-state index in [4.69, 9.17) is 4.74 Å². The zero-order chi connectivity index (χ0) is 22.1. The highest BCUT2D eigenvalue weighted by molar-refractivity contribution is 6.06. The monoisotopic (exact) mass is 433 g/mol. The van der Waals surface area contributed by atoms with Crippen molar-refractivity contribution in [3.63, 3.8) is 0 Å². The van der Waals surface area contributed by atoms with Gasteiger partial charge in [0.05, 0.1) is 25.2 Å². The van der Waals surface area contributed by atoms with Crippen LogP contribution in [-0.2, 0) is 9.53 Å². The van der Waals surface area contributed by atoms with Crippen LogP contribution in [0.15, 0.2) is 47.5 Å². The van der Waals surface area contributed by atoms with Gasteiger partial charge in [-0.2, -0.15) is 0 Å². The average Bonchev–Trinajstić information content (AvgIpc) is 3.49. The fourth-order valence-corrected chi connectivity index (χ4v) is 3.86. The summed E-state index contributed by atoms with van der Waals surface area (Å²) in [4.78, 5) is 29.3. The highest BCUT2D eigenvalue weighted by Crippen LogP contribution is 2.44. The number of carbonyl (C=O) groups excluding carboxylic acids is 2. The largest absolute Gasteiger partial charge is 0.379 e. The van der Waals surface area contributed by atoms with Gasteiger partial charge in [-0.1, -0.05) is 6.07 Å². The summed E-state index contributed by atoms with van der Waals surface area (Å²) in [5, 5.41) is 12.3. The SMILES string of the molecule is CC1(C(=O)Nc2cccc(Nc3ccc(C(=O)NC4=NCCN4)cc3C3CC3)c2)COC1. The minimum atomic E-state index is -0.460. The van der Waals surface area contributed by atoms with Gasteiger partial charge in [0, 0.05) is 29.2 Å². The number of benzene rings is 2. The van der Waals surface area contributed by atoms with Crippen LogP contribution in [0, 0.1) is 5.41 Å². The van der Waals surface area contributed by atoms with Crippen LogP contribution in [0.2, 0.25) is 0 Å².